The van der Waals surface area contributed by atoms with Crippen molar-refractivity contribution in [3.63, 3.8) is 0 Å². The first-order valence-corrected chi connectivity index (χ1v) is 8.72. The zero-order chi connectivity index (χ0) is 20.8. The molecule has 1 aromatic carbocycles. The third-order valence-corrected chi connectivity index (χ3v) is 4.96. The highest BCUT2D eigenvalue weighted by molar-refractivity contribution is 6.03. The molecule has 11 heteroatoms. The number of nitrogens with two attached hydrogens (primary N) is 1. The number of aliphatic hydroxyl groups is 3. The van der Waals surface area contributed by atoms with E-state index in [1.165, 1.54) is 30.1 Å². The second kappa shape index (κ2) is 7.04. The lowest BCUT2D eigenvalue weighted by Gasteiger charge is -2.28. The normalized spacial score (nSPS) is 26.7. The predicted octanol–water partition coefficient (Wildman–Crippen LogP) is -0.718. The van der Waals surface area contributed by atoms with Gasteiger partial charge in [0, 0.05) is 5.56 Å². The number of carbonyl (C=O) groups is 1. The van der Waals surface area contributed by atoms with Gasteiger partial charge < -0.3 is 30.5 Å². The van der Waals surface area contributed by atoms with E-state index in [1.807, 2.05) is 0 Å². The Morgan fingerprint density at radius 2 is 2.07 bits per heavy atom. The Labute approximate surface area is 164 Å². The molecule has 0 saturated carbocycles. The van der Waals surface area contributed by atoms with E-state index in [0.29, 0.717) is 0 Å². The summed E-state index contributed by atoms with van der Waals surface area (Å²) in [6.45, 7) is -0.699. The zero-order valence-electron chi connectivity index (χ0n) is 15.3. The Balaban J connectivity index is 1.79. The highest BCUT2D eigenvalue weighted by atomic mass is 16.6. The SMILES string of the molecule is COc1nc(N)nc2c1ncn2[C@@H]1O[C@H](CO)[C@](O)(C(=O)c2ccccc2)[C@@H]1O. The smallest absolute Gasteiger partial charge is 0.246 e. The predicted molar refractivity (Wildman–Crippen MR) is 99.0 cm³/mol. The van der Waals surface area contributed by atoms with Crippen LogP contribution < -0.4 is 10.5 Å². The van der Waals surface area contributed by atoms with Gasteiger partial charge in [0.15, 0.2) is 28.8 Å². The van der Waals surface area contributed by atoms with Gasteiger partial charge in [-0.15, -0.1) is 0 Å². The number of ether oxygens (including phenoxy) is 2. The van der Waals surface area contributed by atoms with Crippen molar-refractivity contribution in [3.8, 4) is 5.88 Å². The van der Waals surface area contributed by atoms with Gasteiger partial charge in [-0.1, -0.05) is 30.3 Å². The van der Waals surface area contributed by atoms with Crippen molar-refractivity contribution < 1.29 is 29.6 Å². The molecule has 0 amide bonds. The van der Waals surface area contributed by atoms with Crippen molar-refractivity contribution >= 4 is 22.9 Å². The van der Waals surface area contributed by atoms with Crippen molar-refractivity contribution in [3.05, 3.63) is 42.2 Å². The fourth-order valence-corrected chi connectivity index (χ4v) is 3.49. The van der Waals surface area contributed by atoms with E-state index in [-0.39, 0.29) is 28.6 Å². The number of imidazole rings is 1. The zero-order valence-corrected chi connectivity index (χ0v) is 15.3. The Morgan fingerprint density at radius 1 is 1.34 bits per heavy atom. The number of carbonyl (C=O) groups excluding carboxylic acids is 1. The second-order valence-corrected chi connectivity index (χ2v) is 6.58. The van der Waals surface area contributed by atoms with Crippen LogP contribution >= 0.6 is 0 Å². The van der Waals surface area contributed by atoms with Crippen LogP contribution in [-0.4, -0.2) is 72.1 Å². The van der Waals surface area contributed by atoms with Crippen LogP contribution in [0.5, 0.6) is 5.88 Å². The lowest BCUT2D eigenvalue weighted by Crippen LogP contribution is -2.55. The Kier molecular flexibility index (Phi) is 4.67. The number of methoxy groups -OCH3 is 1. The van der Waals surface area contributed by atoms with E-state index in [1.54, 1.807) is 18.2 Å². The topological polar surface area (TPSA) is 166 Å². The molecule has 0 radical (unpaired) electrons. The van der Waals surface area contributed by atoms with Crippen molar-refractivity contribution in [2.75, 3.05) is 19.5 Å². The molecule has 0 spiro atoms. The average Bonchev–Trinajstić information content (AvgIpc) is 3.27. The first kappa shape index (κ1) is 19.2. The van der Waals surface area contributed by atoms with Crippen LogP contribution in [0.2, 0.25) is 0 Å². The molecule has 152 valence electrons. The molecule has 4 atom stereocenters. The number of ketones is 1. The summed E-state index contributed by atoms with van der Waals surface area (Å²) in [5.41, 5.74) is 3.91. The van der Waals surface area contributed by atoms with Gasteiger partial charge in [-0.2, -0.15) is 9.97 Å². The average molecular weight is 401 g/mol. The summed E-state index contributed by atoms with van der Waals surface area (Å²) < 4.78 is 12.1. The summed E-state index contributed by atoms with van der Waals surface area (Å²) in [5, 5.41) is 31.8. The minimum Gasteiger partial charge on any atom is -0.479 e. The number of Topliss-reactive ketones (excluding diaryl/α,β-unsaturated/α-hetero) is 1. The van der Waals surface area contributed by atoms with Crippen molar-refractivity contribution in [1.82, 2.24) is 19.5 Å². The van der Waals surface area contributed by atoms with Gasteiger partial charge in [0.05, 0.1) is 20.0 Å². The first-order valence-electron chi connectivity index (χ1n) is 8.72. The summed E-state index contributed by atoms with van der Waals surface area (Å²) in [5.74, 6) is -0.755. The summed E-state index contributed by atoms with van der Waals surface area (Å²) in [4.78, 5) is 25.2. The van der Waals surface area contributed by atoms with E-state index < -0.39 is 36.4 Å². The van der Waals surface area contributed by atoms with Gasteiger partial charge in [0.2, 0.25) is 11.8 Å². The molecule has 3 aromatic rings. The van der Waals surface area contributed by atoms with Gasteiger partial charge in [-0.3, -0.25) is 9.36 Å². The molecule has 1 fully saturated rings. The largest absolute Gasteiger partial charge is 0.479 e. The lowest BCUT2D eigenvalue weighted by atomic mass is 9.84. The van der Waals surface area contributed by atoms with Gasteiger partial charge in [-0.25, -0.2) is 4.98 Å². The molecular weight excluding hydrogens is 382 g/mol. The number of benzene rings is 1. The minimum atomic E-state index is -2.39. The van der Waals surface area contributed by atoms with E-state index in [2.05, 4.69) is 15.0 Å². The summed E-state index contributed by atoms with van der Waals surface area (Å²) in [6, 6.07) is 7.96. The fourth-order valence-electron chi connectivity index (χ4n) is 3.49. The minimum absolute atomic E-state index is 0.0991. The Bertz CT molecular complexity index is 1060. The summed E-state index contributed by atoms with van der Waals surface area (Å²) in [6.07, 6.45) is -3.09. The van der Waals surface area contributed by atoms with Gasteiger partial charge >= 0.3 is 0 Å². The lowest BCUT2D eigenvalue weighted by molar-refractivity contribution is -0.0697. The molecule has 0 unspecified atom stereocenters. The van der Waals surface area contributed by atoms with Gasteiger partial charge in [0.25, 0.3) is 0 Å². The number of fused-ring (bicyclic) bond motifs is 1. The number of hydrogen-bond acceptors (Lipinski definition) is 10. The molecule has 1 saturated heterocycles. The summed E-state index contributed by atoms with van der Waals surface area (Å²) in [7, 11) is 1.39. The van der Waals surface area contributed by atoms with Crippen molar-refractivity contribution in [2.24, 2.45) is 0 Å². The van der Waals surface area contributed by atoms with Crippen LogP contribution in [0.4, 0.5) is 5.95 Å². The maximum atomic E-state index is 13.0. The third-order valence-electron chi connectivity index (χ3n) is 4.96. The number of nitrogen functional groups attached to an aromatic ring is 1. The molecule has 1 aliphatic rings. The highest BCUT2D eigenvalue weighted by Gasteiger charge is 2.60. The van der Waals surface area contributed by atoms with Crippen LogP contribution in [0.25, 0.3) is 11.2 Å². The number of aromatic nitrogens is 4. The quantitative estimate of drug-likeness (QED) is 0.401. The van der Waals surface area contributed by atoms with E-state index in [9.17, 15) is 20.1 Å². The van der Waals surface area contributed by atoms with Gasteiger partial charge in [-0.05, 0) is 0 Å². The van der Waals surface area contributed by atoms with Crippen molar-refractivity contribution in [1.29, 1.82) is 0 Å². The van der Waals surface area contributed by atoms with Crippen LogP contribution in [0.15, 0.2) is 36.7 Å². The molecule has 3 heterocycles. The molecule has 5 N–H and O–H groups in total. The van der Waals surface area contributed by atoms with Crippen LogP contribution in [0, 0.1) is 0 Å². The van der Waals surface area contributed by atoms with Gasteiger partial charge in [0.1, 0.15) is 12.2 Å². The number of rotatable bonds is 5. The second-order valence-electron chi connectivity index (χ2n) is 6.58. The Hall–Kier alpha value is -3.12. The monoisotopic (exact) mass is 401 g/mol. The molecule has 29 heavy (non-hydrogen) atoms. The molecule has 11 nitrogen and oxygen atoms in total. The molecule has 1 aliphatic heterocycles. The molecule has 4 rings (SSSR count). The van der Waals surface area contributed by atoms with E-state index in [4.69, 9.17) is 15.2 Å². The summed E-state index contributed by atoms with van der Waals surface area (Å²) >= 11 is 0. The number of nitrogens with zero attached hydrogens (tertiary/aromatic N) is 4. The van der Waals surface area contributed by atoms with Crippen LogP contribution in [0.1, 0.15) is 16.6 Å². The maximum Gasteiger partial charge on any atom is 0.246 e. The molecular formula is C18H19N5O6. The molecule has 0 bridgehead atoms. The maximum absolute atomic E-state index is 13.0. The number of aliphatic hydroxyl groups excluding tert-OH is 2. The molecule has 0 aliphatic carbocycles. The van der Waals surface area contributed by atoms with Crippen LogP contribution in [-0.2, 0) is 4.74 Å². The van der Waals surface area contributed by atoms with Crippen molar-refractivity contribution in [2.45, 2.75) is 24.0 Å². The van der Waals surface area contributed by atoms with Crippen LogP contribution in [0.3, 0.4) is 0 Å². The number of anilines is 1. The standard InChI is InChI=1S/C18H19N5O6/c1-28-15-11-14(21-17(19)22-15)23(8-20-11)16-13(26)18(27,10(7-24)29-16)12(25)9-5-3-2-4-6-9/h2-6,8,10,13,16,24,26-27H,7H2,1H3,(H2,19,21,22)/t10-,13-,16-,18+/m1/s1. The highest BCUT2D eigenvalue weighted by Crippen LogP contribution is 2.40. The number of hydrogen-bond donors (Lipinski definition) is 4. The Morgan fingerprint density at radius 3 is 2.72 bits per heavy atom. The van der Waals surface area contributed by atoms with E-state index in [0.717, 1.165) is 0 Å². The third kappa shape index (κ3) is 2.83. The molecule has 2 aromatic heterocycles. The fraction of sp³-hybridized carbons (Fsp3) is 0.333. The first-order chi connectivity index (χ1) is 13.9. The van der Waals surface area contributed by atoms with E-state index >= 15 is 0 Å².